The molecule has 2 rings (SSSR count). The van der Waals surface area contributed by atoms with Crippen LogP contribution < -0.4 is 11.1 Å². The van der Waals surface area contributed by atoms with Crippen molar-refractivity contribution < 1.29 is 4.79 Å². The van der Waals surface area contributed by atoms with E-state index in [1.54, 1.807) is 0 Å². The molecule has 4 nitrogen and oxygen atoms in total. The summed E-state index contributed by atoms with van der Waals surface area (Å²) in [5.41, 5.74) is 5.66. The average molecular weight is 239 g/mol. The number of nitrogens with two attached hydrogens (primary N) is 1. The fourth-order valence-corrected chi connectivity index (χ4v) is 2.88. The number of nitrogens with one attached hydrogen (secondary N) is 1. The highest BCUT2D eigenvalue weighted by molar-refractivity contribution is 5.74. The fourth-order valence-electron chi connectivity index (χ4n) is 2.88. The standard InChI is InChI=1S/C13H25N3O/c14-10-11-6-8-16(9-7-11)13(17)15-12-4-2-1-3-5-12/h11-12H,1-10,14H2,(H,15,17). The summed E-state index contributed by atoms with van der Waals surface area (Å²) in [4.78, 5) is 14.0. The van der Waals surface area contributed by atoms with Crippen LogP contribution in [0.3, 0.4) is 0 Å². The molecule has 0 aromatic rings. The number of carbonyl (C=O) groups excluding carboxylic acids is 1. The van der Waals surface area contributed by atoms with Crippen molar-refractivity contribution in [3.63, 3.8) is 0 Å². The highest BCUT2D eigenvalue weighted by Gasteiger charge is 2.24. The quantitative estimate of drug-likeness (QED) is 0.770. The summed E-state index contributed by atoms with van der Waals surface area (Å²) in [6.45, 7) is 2.51. The Hall–Kier alpha value is -0.770. The van der Waals surface area contributed by atoms with E-state index >= 15 is 0 Å². The Morgan fingerprint density at radius 3 is 2.35 bits per heavy atom. The van der Waals surface area contributed by atoms with Crippen molar-refractivity contribution in [3.05, 3.63) is 0 Å². The Labute approximate surface area is 104 Å². The zero-order valence-corrected chi connectivity index (χ0v) is 10.7. The number of hydrogen-bond acceptors (Lipinski definition) is 2. The van der Waals surface area contributed by atoms with Gasteiger partial charge in [-0.25, -0.2) is 4.79 Å². The Balaban J connectivity index is 1.72. The van der Waals surface area contributed by atoms with Crippen molar-refractivity contribution in [1.82, 2.24) is 10.2 Å². The molecular weight excluding hydrogens is 214 g/mol. The molecule has 1 saturated carbocycles. The van der Waals surface area contributed by atoms with Crippen LogP contribution in [0.15, 0.2) is 0 Å². The van der Waals surface area contributed by atoms with Gasteiger partial charge in [0.05, 0.1) is 0 Å². The first kappa shape index (κ1) is 12.7. The van der Waals surface area contributed by atoms with Crippen LogP contribution in [0.2, 0.25) is 0 Å². The minimum absolute atomic E-state index is 0.146. The van der Waals surface area contributed by atoms with Gasteiger partial charge in [-0.15, -0.1) is 0 Å². The Morgan fingerprint density at radius 2 is 1.76 bits per heavy atom. The number of nitrogens with zero attached hydrogens (tertiary/aromatic N) is 1. The van der Waals surface area contributed by atoms with Gasteiger partial charge in [-0.05, 0) is 38.1 Å². The van der Waals surface area contributed by atoms with Gasteiger partial charge in [-0.3, -0.25) is 0 Å². The van der Waals surface area contributed by atoms with Crippen molar-refractivity contribution in [1.29, 1.82) is 0 Å². The summed E-state index contributed by atoms with van der Waals surface area (Å²) in [5.74, 6) is 0.619. The highest BCUT2D eigenvalue weighted by atomic mass is 16.2. The molecule has 1 heterocycles. The molecule has 1 aliphatic heterocycles. The topological polar surface area (TPSA) is 58.4 Å². The predicted octanol–water partition coefficient (Wildman–Crippen LogP) is 1.70. The SMILES string of the molecule is NCC1CCN(C(=O)NC2CCCCC2)CC1. The molecule has 2 aliphatic rings. The predicted molar refractivity (Wildman–Crippen MR) is 68.8 cm³/mol. The fraction of sp³-hybridized carbons (Fsp3) is 0.923. The summed E-state index contributed by atoms with van der Waals surface area (Å²) in [6, 6.07) is 0.566. The zero-order valence-electron chi connectivity index (χ0n) is 10.7. The summed E-state index contributed by atoms with van der Waals surface area (Å²) in [7, 11) is 0. The molecule has 0 aromatic heterocycles. The van der Waals surface area contributed by atoms with Gasteiger partial charge < -0.3 is 16.0 Å². The lowest BCUT2D eigenvalue weighted by Crippen LogP contribution is -2.48. The molecule has 0 aromatic carbocycles. The molecule has 0 unspecified atom stereocenters. The smallest absolute Gasteiger partial charge is 0.317 e. The van der Waals surface area contributed by atoms with Crippen molar-refractivity contribution in [2.75, 3.05) is 19.6 Å². The maximum atomic E-state index is 12.0. The maximum Gasteiger partial charge on any atom is 0.317 e. The lowest BCUT2D eigenvalue weighted by Gasteiger charge is -2.33. The lowest BCUT2D eigenvalue weighted by atomic mass is 9.95. The molecule has 1 aliphatic carbocycles. The maximum absolute atomic E-state index is 12.0. The third-order valence-corrected chi connectivity index (χ3v) is 4.17. The van der Waals surface area contributed by atoms with Crippen LogP contribution in [0, 0.1) is 5.92 Å². The third kappa shape index (κ3) is 3.60. The van der Waals surface area contributed by atoms with Crippen LogP contribution in [-0.2, 0) is 0 Å². The van der Waals surface area contributed by atoms with Gasteiger partial charge in [-0.2, -0.15) is 0 Å². The van der Waals surface area contributed by atoms with Crippen LogP contribution in [0.25, 0.3) is 0 Å². The average Bonchev–Trinajstić information content (AvgIpc) is 2.40. The largest absolute Gasteiger partial charge is 0.335 e. The van der Waals surface area contributed by atoms with Gasteiger partial charge >= 0.3 is 6.03 Å². The lowest BCUT2D eigenvalue weighted by molar-refractivity contribution is 0.165. The highest BCUT2D eigenvalue weighted by Crippen LogP contribution is 2.19. The zero-order chi connectivity index (χ0) is 12.1. The van der Waals surface area contributed by atoms with Gasteiger partial charge in [-0.1, -0.05) is 19.3 Å². The molecule has 4 heteroatoms. The van der Waals surface area contributed by atoms with Crippen LogP contribution >= 0.6 is 0 Å². The van der Waals surface area contributed by atoms with E-state index in [4.69, 9.17) is 5.73 Å². The van der Waals surface area contributed by atoms with E-state index in [1.165, 1.54) is 19.3 Å². The van der Waals surface area contributed by atoms with E-state index < -0.39 is 0 Å². The van der Waals surface area contributed by atoms with Crippen LogP contribution in [0.1, 0.15) is 44.9 Å². The summed E-state index contributed by atoms with van der Waals surface area (Å²) >= 11 is 0. The second kappa shape index (κ2) is 6.24. The van der Waals surface area contributed by atoms with E-state index in [1.807, 2.05) is 4.90 Å². The van der Waals surface area contributed by atoms with Crippen LogP contribution in [-0.4, -0.2) is 36.6 Å². The first-order chi connectivity index (χ1) is 8.29. The summed E-state index contributed by atoms with van der Waals surface area (Å²) in [6.07, 6.45) is 8.30. The molecule has 17 heavy (non-hydrogen) atoms. The molecule has 2 fully saturated rings. The number of amides is 2. The van der Waals surface area contributed by atoms with Gasteiger partial charge in [0.25, 0.3) is 0 Å². The Bertz CT molecular complexity index is 243. The Morgan fingerprint density at radius 1 is 1.12 bits per heavy atom. The van der Waals surface area contributed by atoms with E-state index in [2.05, 4.69) is 5.32 Å². The monoisotopic (exact) mass is 239 g/mol. The molecule has 0 bridgehead atoms. The number of likely N-dealkylation sites (tertiary alicyclic amines) is 1. The first-order valence-electron chi connectivity index (χ1n) is 7.05. The molecule has 0 spiro atoms. The number of hydrogen-bond donors (Lipinski definition) is 2. The van der Waals surface area contributed by atoms with Crippen molar-refractivity contribution in [3.8, 4) is 0 Å². The second-order valence-corrected chi connectivity index (χ2v) is 5.45. The van der Waals surface area contributed by atoms with Gasteiger partial charge in [0.15, 0.2) is 0 Å². The summed E-state index contributed by atoms with van der Waals surface area (Å²) < 4.78 is 0. The third-order valence-electron chi connectivity index (χ3n) is 4.17. The molecule has 98 valence electrons. The number of carbonyl (C=O) groups is 1. The molecular formula is C13H25N3O. The Kier molecular flexibility index (Phi) is 4.66. The number of urea groups is 1. The van der Waals surface area contributed by atoms with E-state index in [0.29, 0.717) is 12.0 Å². The first-order valence-corrected chi connectivity index (χ1v) is 7.05. The number of rotatable bonds is 2. The van der Waals surface area contributed by atoms with Crippen molar-refractivity contribution >= 4 is 6.03 Å². The van der Waals surface area contributed by atoms with E-state index in [0.717, 1.165) is 45.3 Å². The van der Waals surface area contributed by atoms with Crippen LogP contribution in [0.4, 0.5) is 4.79 Å². The van der Waals surface area contributed by atoms with Crippen LogP contribution in [0.5, 0.6) is 0 Å². The van der Waals surface area contributed by atoms with E-state index in [-0.39, 0.29) is 6.03 Å². The number of piperidine rings is 1. The van der Waals surface area contributed by atoms with E-state index in [9.17, 15) is 4.79 Å². The molecule has 1 saturated heterocycles. The molecule has 0 radical (unpaired) electrons. The van der Waals surface area contributed by atoms with Gasteiger partial charge in [0, 0.05) is 19.1 Å². The molecule has 2 amide bonds. The van der Waals surface area contributed by atoms with Crippen molar-refractivity contribution in [2.45, 2.75) is 51.0 Å². The van der Waals surface area contributed by atoms with Crippen molar-refractivity contribution in [2.24, 2.45) is 11.7 Å². The minimum atomic E-state index is 0.146. The normalized spacial score (nSPS) is 23.7. The van der Waals surface area contributed by atoms with Gasteiger partial charge in [0.2, 0.25) is 0 Å². The molecule has 0 atom stereocenters. The minimum Gasteiger partial charge on any atom is -0.335 e. The van der Waals surface area contributed by atoms with Gasteiger partial charge in [0.1, 0.15) is 0 Å². The molecule has 3 N–H and O–H groups in total. The summed E-state index contributed by atoms with van der Waals surface area (Å²) in [5, 5.41) is 3.18. The second-order valence-electron chi connectivity index (χ2n) is 5.45.